The van der Waals surface area contributed by atoms with Crippen LogP contribution in [0.25, 0.3) is 10.4 Å². The lowest BCUT2D eigenvalue weighted by atomic mass is 10.1. The molecule has 0 bridgehead atoms. The van der Waals surface area contributed by atoms with E-state index in [0.717, 1.165) is 26.9 Å². The molecule has 0 aliphatic heterocycles. The number of rotatable bonds is 4. The largest absolute Gasteiger partial charge is 0.462 e. The maximum Gasteiger partial charge on any atom is 0.350 e. The molecular formula is C15H15BrClNO2S. The number of thiophene rings is 1. The number of nitrogens with two attached hydrogens (primary N) is 1. The van der Waals surface area contributed by atoms with E-state index in [9.17, 15) is 4.79 Å². The molecule has 2 rings (SSSR count). The number of carbonyl (C=O) groups is 1. The molecule has 0 saturated carbocycles. The first-order chi connectivity index (χ1) is 9.99. The van der Waals surface area contributed by atoms with Crippen molar-refractivity contribution in [3.05, 3.63) is 38.1 Å². The van der Waals surface area contributed by atoms with Gasteiger partial charge in [-0.3, -0.25) is 0 Å². The molecule has 1 aromatic carbocycles. The molecular weight excluding hydrogens is 374 g/mol. The second kappa shape index (κ2) is 6.81. The molecule has 0 spiro atoms. The van der Waals surface area contributed by atoms with Gasteiger partial charge in [0.15, 0.2) is 0 Å². The number of halogens is 2. The topological polar surface area (TPSA) is 52.3 Å². The number of anilines is 1. The van der Waals surface area contributed by atoms with Crippen LogP contribution in [0.5, 0.6) is 0 Å². The Morgan fingerprint density at radius 3 is 2.71 bits per heavy atom. The first kappa shape index (κ1) is 16.3. The highest BCUT2D eigenvalue weighted by atomic mass is 79.9. The van der Waals surface area contributed by atoms with E-state index in [2.05, 4.69) is 15.9 Å². The lowest BCUT2D eigenvalue weighted by Gasteiger charge is -2.05. The van der Waals surface area contributed by atoms with Crippen LogP contribution in [-0.4, -0.2) is 12.6 Å². The molecule has 0 unspecified atom stereocenters. The van der Waals surface area contributed by atoms with E-state index in [4.69, 9.17) is 22.1 Å². The van der Waals surface area contributed by atoms with E-state index < -0.39 is 0 Å². The minimum atomic E-state index is -0.369. The Morgan fingerprint density at radius 1 is 1.43 bits per heavy atom. The second-order valence-corrected chi connectivity index (χ2v) is 6.66. The summed E-state index contributed by atoms with van der Waals surface area (Å²) in [6, 6.07) is 5.57. The number of ether oxygens (including phenoxy) is 1. The van der Waals surface area contributed by atoms with Crippen LogP contribution in [0.2, 0.25) is 5.02 Å². The molecule has 1 aromatic heterocycles. The van der Waals surface area contributed by atoms with Crippen LogP contribution in [-0.2, 0) is 11.2 Å². The zero-order valence-electron chi connectivity index (χ0n) is 11.7. The summed E-state index contributed by atoms with van der Waals surface area (Å²) in [6.45, 7) is 4.12. The molecule has 0 aliphatic carbocycles. The summed E-state index contributed by atoms with van der Waals surface area (Å²) < 4.78 is 5.94. The van der Waals surface area contributed by atoms with Crippen molar-refractivity contribution < 1.29 is 9.53 Å². The van der Waals surface area contributed by atoms with Crippen LogP contribution >= 0.6 is 38.9 Å². The van der Waals surface area contributed by atoms with Gasteiger partial charge in [0.05, 0.1) is 12.3 Å². The van der Waals surface area contributed by atoms with E-state index in [1.54, 1.807) is 6.92 Å². The Balaban J connectivity index is 2.58. The maximum atomic E-state index is 12.0. The lowest BCUT2D eigenvalue weighted by molar-refractivity contribution is 0.0533. The predicted molar refractivity (Wildman–Crippen MR) is 92.2 cm³/mol. The number of benzene rings is 1. The molecule has 0 fully saturated rings. The summed E-state index contributed by atoms with van der Waals surface area (Å²) in [5, 5.41) is 0.652. The minimum absolute atomic E-state index is 0.331. The first-order valence-corrected chi connectivity index (χ1v) is 8.52. The van der Waals surface area contributed by atoms with Gasteiger partial charge in [-0.1, -0.05) is 40.5 Å². The average molecular weight is 389 g/mol. The number of hydrogen-bond acceptors (Lipinski definition) is 4. The number of hydrogen-bond donors (Lipinski definition) is 1. The Bertz CT molecular complexity index is 685. The summed E-state index contributed by atoms with van der Waals surface area (Å²) in [7, 11) is 0. The molecule has 2 aromatic rings. The van der Waals surface area contributed by atoms with Gasteiger partial charge < -0.3 is 10.5 Å². The van der Waals surface area contributed by atoms with Crippen LogP contribution in [0, 0.1) is 0 Å². The molecule has 0 saturated heterocycles. The minimum Gasteiger partial charge on any atom is -0.462 e. The number of nitrogen functional groups attached to an aromatic ring is 1. The highest BCUT2D eigenvalue weighted by molar-refractivity contribution is 9.10. The predicted octanol–water partition coefficient (Wildman–Crippen LogP) is 5.15. The van der Waals surface area contributed by atoms with E-state index in [1.165, 1.54) is 11.3 Å². The molecule has 0 aliphatic rings. The van der Waals surface area contributed by atoms with Crippen LogP contribution in [0.3, 0.4) is 0 Å². The van der Waals surface area contributed by atoms with Crippen molar-refractivity contribution in [2.75, 3.05) is 12.3 Å². The van der Waals surface area contributed by atoms with Crippen molar-refractivity contribution in [3.8, 4) is 10.4 Å². The van der Waals surface area contributed by atoms with E-state index >= 15 is 0 Å². The van der Waals surface area contributed by atoms with Crippen molar-refractivity contribution in [1.82, 2.24) is 0 Å². The lowest BCUT2D eigenvalue weighted by Crippen LogP contribution is -2.05. The highest BCUT2D eigenvalue weighted by Gasteiger charge is 2.22. The van der Waals surface area contributed by atoms with Gasteiger partial charge in [-0.15, -0.1) is 11.3 Å². The zero-order chi connectivity index (χ0) is 15.6. The van der Waals surface area contributed by atoms with Crippen molar-refractivity contribution >= 4 is 50.5 Å². The van der Waals surface area contributed by atoms with Gasteiger partial charge in [0.1, 0.15) is 4.88 Å². The van der Waals surface area contributed by atoms with Gasteiger partial charge in [-0.2, -0.15) is 0 Å². The first-order valence-electron chi connectivity index (χ1n) is 6.53. The third-order valence-corrected chi connectivity index (χ3v) is 5.19. The van der Waals surface area contributed by atoms with Gasteiger partial charge in [0, 0.05) is 19.9 Å². The third kappa shape index (κ3) is 3.25. The van der Waals surface area contributed by atoms with Crippen LogP contribution < -0.4 is 5.73 Å². The van der Waals surface area contributed by atoms with Gasteiger partial charge in [-0.05, 0) is 31.0 Å². The SMILES string of the molecule is CCOC(=O)c1sc(-c2ccc(Cl)cc2Br)c(CC)c1N. The molecule has 3 nitrogen and oxygen atoms in total. The third-order valence-electron chi connectivity index (χ3n) is 3.04. The van der Waals surface area contributed by atoms with Crippen molar-refractivity contribution in [2.45, 2.75) is 20.3 Å². The second-order valence-electron chi connectivity index (χ2n) is 4.35. The van der Waals surface area contributed by atoms with Crippen LogP contribution in [0.1, 0.15) is 29.1 Å². The normalized spacial score (nSPS) is 10.7. The molecule has 21 heavy (non-hydrogen) atoms. The fourth-order valence-corrected chi connectivity index (χ4v) is 4.33. The average Bonchev–Trinajstić information content (AvgIpc) is 2.76. The Morgan fingerprint density at radius 2 is 2.14 bits per heavy atom. The van der Waals surface area contributed by atoms with Gasteiger partial charge >= 0.3 is 5.97 Å². The molecule has 112 valence electrons. The highest BCUT2D eigenvalue weighted by Crippen LogP contribution is 2.42. The number of carbonyl (C=O) groups excluding carboxylic acids is 1. The van der Waals surface area contributed by atoms with Crippen molar-refractivity contribution in [2.24, 2.45) is 0 Å². The summed E-state index contributed by atoms with van der Waals surface area (Å²) in [5.41, 5.74) is 8.58. The molecule has 0 amide bonds. The van der Waals surface area contributed by atoms with Crippen molar-refractivity contribution in [1.29, 1.82) is 0 Å². The van der Waals surface area contributed by atoms with Crippen molar-refractivity contribution in [3.63, 3.8) is 0 Å². The summed E-state index contributed by atoms with van der Waals surface area (Å²) >= 11 is 10.9. The molecule has 1 heterocycles. The van der Waals surface area contributed by atoms with Gasteiger partial charge in [0.2, 0.25) is 0 Å². The monoisotopic (exact) mass is 387 g/mol. The van der Waals surface area contributed by atoms with E-state index in [-0.39, 0.29) is 5.97 Å². The summed E-state index contributed by atoms with van der Waals surface area (Å²) in [4.78, 5) is 13.4. The molecule has 0 radical (unpaired) electrons. The fourth-order valence-electron chi connectivity index (χ4n) is 2.07. The van der Waals surface area contributed by atoms with Gasteiger partial charge in [0.25, 0.3) is 0 Å². The van der Waals surface area contributed by atoms with E-state index in [0.29, 0.717) is 22.2 Å². The quantitative estimate of drug-likeness (QED) is 0.737. The standard InChI is InChI=1S/C15H15BrClNO2S/c1-3-9-12(18)14(15(19)20-4-2)21-13(9)10-6-5-8(17)7-11(10)16/h5-7H,3-4,18H2,1-2H3. The Labute approximate surface area is 141 Å². The molecule has 2 N–H and O–H groups in total. The molecule has 0 atom stereocenters. The number of esters is 1. The van der Waals surface area contributed by atoms with Crippen LogP contribution in [0.4, 0.5) is 5.69 Å². The fraction of sp³-hybridized carbons (Fsp3) is 0.267. The summed E-state index contributed by atoms with van der Waals surface area (Å²) in [6.07, 6.45) is 0.742. The van der Waals surface area contributed by atoms with Crippen LogP contribution in [0.15, 0.2) is 22.7 Å². The van der Waals surface area contributed by atoms with Gasteiger partial charge in [-0.25, -0.2) is 4.79 Å². The molecule has 6 heteroatoms. The Kier molecular flexibility index (Phi) is 5.30. The summed E-state index contributed by atoms with van der Waals surface area (Å²) in [5.74, 6) is -0.369. The maximum absolute atomic E-state index is 12.0. The smallest absolute Gasteiger partial charge is 0.350 e. The van der Waals surface area contributed by atoms with E-state index in [1.807, 2.05) is 25.1 Å². The zero-order valence-corrected chi connectivity index (χ0v) is 14.9. The Hall–Kier alpha value is -1.04.